The molecular weight excluding hydrogens is 1130 g/mol. The highest BCUT2D eigenvalue weighted by atomic mass is 16.5. The molecule has 89 heavy (non-hydrogen) atoms. The van der Waals surface area contributed by atoms with Gasteiger partial charge in [0.1, 0.15) is 30.8 Å². The van der Waals surface area contributed by atoms with Gasteiger partial charge < -0.3 is 64.9 Å². The minimum absolute atomic E-state index is 0. The zero-order valence-corrected chi connectivity index (χ0v) is 50.9. The molecule has 4 aliphatic rings. The Bertz CT molecular complexity index is 2400. The molecule has 16 nitrogen and oxygen atoms in total. The molecule has 0 bridgehead atoms. The van der Waals surface area contributed by atoms with Gasteiger partial charge >= 0.3 is 17.9 Å². The van der Waals surface area contributed by atoms with E-state index in [-0.39, 0.29) is 102 Å². The summed E-state index contributed by atoms with van der Waals surface area (Å²) >= 11 is 0. The Hall–Kier alpha value is -5.43. The number of para-hydroxylation sites is 2. The fraction of sp³-hybridized carbons (Fsp3) is 0.630. The van der Waals surface area contributed by atoms with Crippen molar-refractivity contribution in [2.75, 3.05) is 13.2 Å². The Morgan fingerprint density at radius 3 is 1.54 bits per heavy atom. The maximum atomic E-state index is 12.0. The third-order valence-corrected chi connectivity index (χ3v) is 17.2. The van der Waals surface area contributed by atoms with Gasteiger partial charge in [0, 0.05) is 31.6 Å². The zero-order chi connectivity index (χ0) is 62.1. The molecule has 1 heterocycles. The highest BCUT2D eigenvalue weighted by Crippen LogP contribution is 2.42. The number of aliphatic hydroxyl groups is 8. The lowest BCUT2D eigenvalue weighted by Crippen LogP contribution is -2.27. The number of unbranched alkanes of at least 4 members (excludes halogenated alkanes) is 2. The number of aliphatic carboxylic acids is 1. The molecular formula is C73H114O16. The van der Waals surface area contributed by atoms with Gasteiger partial charge in [-0.1, -0.05) is 125 Å². The Labute approximate surface area is 533 Å². The van der Waals surface area contributed by atoms with Crippen LogP contribution < -0.4 is 9.47 Å². The quantitative estimate of drug-likeness (QED) is 0.0165. The lowest BCUT2D eigenvalue weighted by molar-refractivity contribution is -0.151. The molecule has 502 valence electrons. The van der Waals surface area contributed by atoms with Crippen LogP contribution in [0.2, 0.25) is 0 Å². The fourth-order valence-corrected chi connectivity index (χ4v) is 12.5. The average molecular weight is 1250 g/mol. The van der Waals surface area contributed by atoms with Gasteiger partial charge in [-0.15, -0.1) is 0 Å². The van der Waals surface area contributed by atoms with Crippen LogP contribution in [-0.4, -0.2) is 138 Å². The third-order valence-electron chi connectivity index (χ3n) is 17.2. The first-order valence-corrected chi connectivity index (χ1v) is 31.9. The maximum Gasteiger partial charge on any atom is 0.306 e. The fourth-order valence-electron chi connectivity index (χ4n) is 12.5. The summed E-state index contributed by atoms with van der Waals surface area (Å²) in [5, 5.41) is 91.4. The second-order valence-electron chi connectivity index (χ2n) is 24.3. The van der Waals surface area contributed by atoms with Crippen molar-refractivity contribution < 1.29 is 79.3 Å². The molecule has 7 rings (SSSR count). The van der Waals surface area contributed by atoms with E-state index in [0.29, 0.717) is 108 Å². The molecule has 0 unspecified atom stereocenters. The van der Waals surface area contributed by atoms with Gasteiger partial charge in [0.15, 0.2) is 0 Å². The molecule has 3 fully saturated rings. The van der Waals surface area contributed by atoms with Crippen LogP contribution in [0.5, 0.6) is 11.5 Å². The van der Waals surface area contributed by atoms with E-state index in [1.165, 1.54) is 5.56 Å². The summed E-state index contributed by atoms with van der Waals surface area (Å²) in [6.45, 7) is 4.12. The number of carboxylic acid groups (broad SMARTS) is 1. The first-order chi connectivity index (χ1) is 41.5. The first-order valence-electron chi connectivity index (χ1n) is 31.9. The molecule has 0 aromatic heterocycles. The minimum atomic E-state index is -0.794. The largest absolute Gasteiger partial charge is 0.491 e. The van der Waals surface area contributed by atoms with Gasteiger partial charge in [-0.05, 0) is 195 Å². The van der Waals surface area contributed by atoms with Crippen LogP contribution in [0.15, 0.2) is 127 Å². The van der Waals surface area contributed by atoms with Crippen molar-refractivity contribution in [2.24, 2.45) is 35.5 Å². The van der Waals surface area contributed by atoms with Crippen LogP contribution >= 0.6 is 0 Å². The van der Waals surface area contributed by atoms with Gasteiger partial charge in [-0.25, -0.2) is 0 Å². The summed E-state index contributed by atoms with van der Waals surface area (Å²) in [7, 11) is 0. The molecule has 0 radical (unpaired) electrons. The number of ether oxygens (including phenoxy) is 4. The topological polar surface area (TPSA) is 270 Å². The van der Waals surface area contributed by atoms with E-state index < -0.39 is 54.8 Å². The van der Waals surface area contributed by atoms with E-state index in [2.05, 4.69) is 30.4 Å². The Morgan fingerprint density at radius 1 is 0.573 bits per heavy atom. The summed E-state index contributed by atoms with van der Waals surface area (Å²) in [5.74, 6) is 0.374. The summed E-state index contributed by atoms with van der Waals surface area (Å²) in [4.78, 5) is 34.0. The molecule has 3 aromatic carbocycles. The van der Waals surface area contributed by atoms with Gasteiger partial charge in [0.2, 0.25) is 0 Å². The molecule has 3 saturated carbocycles. The number of hydrogen-bond acceptors (Lipinski definition) is 15. The minimum Gasteiger partial charge on any atom is -0.491 e. The Balaban J connectivity index is 0.000000448. The van der Waals surface area contributed by atoms with Crippen LogP contribution in [0.4, 0.5) is 0 Å². The van der Waals surface area contributed by atoms with Crippen molar-refractivity contribution in [3.05, 3.63) is 133 Å². The van der Waals surface area contributed by atoms with E-state index in [1.807, 2.05) is 111 Å². The van der Waals surface area contributed by atoms with Gasteiger partial charge in [-0.2, -0.15) is 0 Å². The first kappa shape index (κ1) is 79.7. The summed E-state index contributed by atoms with van der Waals surface area (Å²) in [5.41, 5.74) is 1.22. The third kappa shape index (κ3) is 31.0. The van der Waals surface area contributed by atoms with Gasteiger partial charge in [0.05, 0.1) is 54.9 Å². The summed E-state index contributed by atoms with van der Waals surface area (Å²) in [6, 6.07) is 28.9. The van der Waals surface area contributed by atoms with Crippen molar-refractivity contribution in [1.29, 1.82) is 0 Å². The monoisotopic (exact) mass is 1250 g/mol. The number of carbonyl (C=O) groups excluding carboxylic acids is 2. The number of aryl methyl sites for hydroxylation is 1. The maximum absolute atomic E-state index is 12.0. The smallest absolute Gasteiger partial charge is 0.306 e. The SMILES string of the molecule is C.C.C.CC(C)OC(=O)CCC/C=C\C[C@@H]1[C@@H](CC[C@@H](O)CCc2ccccc2)[C@H](O)C[C@@H]1O.O=C(O)CCC/C=C\C[C@@H]1[C@@H](CC[C@@H](O)COc2ccccc2)[C@H](O)C[C@@H]1O.O=C1CCC/C=C\C[C@@H]2[C@@H](CC[C@@H](O)COc3ccccc3)[C@H](O)C[C@@H]2O1. The van der Waals surface area contributed by atoms with Crippen LogP contribution in [0.25, 0.3) is 0 Å². The molecule has 3 aliphatic carbocycles. The van der Waals surface area contributed by atoms with Gasteiger partial charge in [0.25, 0.3) is 0 Å². The molecule has 1 aliphatic heterocycles. The molecule has 0 amide bonds. The molecule has 0 saturated heterocycles. The molecule has 0 spiro atoms. The predicted octanol–water partition coefficient (Wildman–Crippen LogP) is 12.1. The van der Waals surface area contributed by atoms with Gasteiger partial charge in [-0.3, -0.25) is 14.4 Å². The predicted molar refractivity (Wildman–Crippen MR) is 351 cm³/mol. The van der Waals surface area contributed by atoms with Crippen molar-refractivity contribution in [2.45, 2.75) is 245 Å². The van der Waals surface area contributed by atoms with Crippen LogP contribution in [-0.2, 0) is 30.3 Å². The number of aliphatic hydroxyl groups excluding tert-OH is 8. The Kier molecular flexibility index (Phi) is 40.2. The Morgan fingerprint density at radius 2 is 1.03 bits per heavy atom. The number of carboxylic acids is 1. The number of rotatable bonds is 31. The molecule has 9 N–H and O–H groups in total. The number of benzene rings is 3. The van der Waals surface area contributed by atoms with Crippen molar-refractivity contribution in [3.8, 4) is 11.5 Å². The second kappa shape index (κ2) is 44.9. The van der Waals surface area contributed by atoms with Crippen molar-refractivity contribution in [3.63, 3.8) is 0 Å². The average Bonchev–Trinajstić information content (AvgIpc) is 2.00. The second-order valence-corrected chi connectivity index (χ2v) is 24.3. The summed E-state index contributed by atoms with van der Waals surface area (Å²) in [6.07, 6.45) is 21.9. The van der Waals surface area contributed by atoms with E-state index in [9.17, 15) is 55.2 Å². The lowest BCUT2D eigenvalue weighted by atomic mass is 9.85. The van der Waals surface area contributed by atoms with Crippen LogP contribution in [0, 0.1) is 35.5 Å². The molecule has 3 aromatic rings. The standard InChI is InChI=1S/C26H40O5.C22H32O6.C22H30O5.3CH4/c1-19(2)31-26(30)13-9-4-3-8-12-22-23(25(29)18-24(22)28)17-16-21(27)15-14-20-10-6-5-7-11-20;23-16(15-28-17-8-4-3-5-9-17)12-13-19-18(20(24)14-21(19)25)10-6-1-2-7-11-22(26)27;23-16(15-26-17-8-4-3-5-9-17)12-13-18-19-10-6-1-2-7-11-22(25)27-21(19)14-20(18)24;;;/h3,5-8,10-11,19,21-25,27-29H,4,9,12-18H2,1-2H3;1,3-6,8-9,16,18-21,23-25H,2,7,10-15H2,(H,26,27);1,3-6,8-9,16,18-21,23-24H,2,7,10-15H2;3*1H4/b8-3-;2*6-1-;;;/t21-,22+,23+,24-,25+;16-,18-,19-,20+,21-;16-,18-,19-,20-,21+;;;/m011.../s1. The van der Waals surface area contributed by atoms with E-state index in [1.54, 1.807) is 0 Å². The van der Waals surface area contributed by atoms with E-state index in [0.717, 1.165) is 44.3 Å². The van der Waals surface area contributed by atoms with Crippen molar-refractivity contribution in [1.82, 2.24) is 0 Å². The number of fused-ring (bicyclic) bond motifs is 1. The highest BCUT2D eigenvalue weighted by Gasteiger charge is 2.44. The van der Waals surface area contributed by atoms with E-state index >= 15 is 0 Å². The number of hydrogen-bond donors (Lipinski definition) is 9. The van der Waals surface area contributed by atoms with Crippen LogP contribution in [0.3, 0.4) is 0 Å². The number of carbonyl (C=O) groups is 3. The van der Waals surface area contributed by atoms with E-state index in [4.69, 9.17) is 24.1 Å². The highest BCUT2D eigenvalue weighted by molar-refractivity contribution is 5.70. The zero-order valence-electron chi connectivity index (χ0n) is 50.9. The van der Waals surface area contributed by atoms with Crippen LogP contribution in [0.1, 0.15) is 183 Å². The summed E-state index contributed by atoms with van der Waals surface area (Å²) < 4.78 is 21.9. The molecule has 15 atom stereocenters. The normalized spacial score (nSPS) is 26.1. The lowest BCUT2D eigenvalue weighted by Gasteiger charge is -2.25. The number of allylic oxidation sites excluding steroid dienone is 6. The molecule has 16 heteroatoms. The van der Waals surface area contributed by atoms with Crippen molar-refractivity contribution >= 4 is 17.9 Å². The number of esters is 2.